The van der Waals surface area contributed by atoms with Crippen LogP contribution >= 0.6 is 11.6 Å². The maximum atomic E-state index is 6.74. The minimum absolute atomic E-state index is 0.0763. The number of alkyl halides is 1. The molecule has 0 aromatic heterocycles. The van der Waals surface area contributed by atoms with Crippen LogP contribution in [0.25, 0.3) is 10.8 Å². The molecule has 2 aliphatic rings. The summed E-state index contributed by atoms with van der Waals surface area (Å²) in [7, 11) is 0. The van der Waals surface area contributed by atoms with Crippen LogP contribution in [0.1, 0.15) is 28.5 Å². The molecule has 0 saturated carbocycles. The van der Waals surface area contributed by atoms with Gasteiger partial charge in [0.15, 0.2) is 0 Å². The molecule has 1 saturated heterocycles. The smallest absolute Gasteiger partial charge is 0.0642 e. The van der Waals surface area contributed by atoms with Gasteiger partial charge >= 0.3 is 0 Å². The van der Waals surface area contributed by atoms with Crippen LogP contribution in [0.3, 0.4) is 0 Å². The van der Waals surface area contributed by atoms with Crippen molar-refractivity contribution in [1.82, 2.24) is 0 Å². The molecule has 2 aromatic rings. The van der Waals surface area contributed by atoms with E-state index in [1.807, 2.05) is 0 Å². The Balaban J connectivity index is 1.87. The molecule has 2 atom stereocenters. The van der Waals surface area contributed by atoms with Gasteiger partial charge in [0.25, 0.3) is 0 Å². The molecular formula is C17H17ClO. The monoisotopic (exact) mass is 272 g/mol. The van der Waals surface area contributed by atoms with E-state index in [0.717, 1.165) is 19.6 Å². The summed E-state index contributed by atoms with van der Waals surface area (Å²) in [6.07, 6.45) is 3.43. The van der Waals surface area contributed by atoms with Gasteiger partial charge in [0.1, 0.15) is 0 Å². The first-order valence-corrected chi connectivity index (χ1v) is 7.53. The third-order valence-electron chi connectivity index (χ3n) is 4.59. The lowest BCUT2D eigenvalue weighted by molar-refractivity contribution is 0.185. The van der Waals surface area contributed by atoms with E-state index in [4.69, 9.17) is 16.3 Å². The van der Waals surface area contributed by atoms with E-state index in [-0.39, 0.29) is 5.38 Å². The van der Waals surface area contributed by atoms with Crippen LogP contribution in [0.5, 0.6) is 0 Å². The molecule has 1 nitrogen and oxygen atoms in total. The zero-order valence-corrected chi connectivity index (χ0v) is 11.6. The second kappa shape index (κ2) is 4.50. The van der Waals surface area contributed by atoms with Crippen LogP contribution in [0.4, 0.5) is 0 Å². The number of aryl methyl sites for hydroxylation is 2. The molecule has 2 heteroatoms. The molecule has 1 heterocycles. The summed E-state index contributed by atoms with van der Waals surface area (Å²) in [5, 5.41) is 2.90. The lowest BCUT2D eigenvalue weighted by Gasteiger charge is -2.18. The maximum Gasteiger partial charge on any atom is 0.0642 e. The average Bonchev–Trinajstić information content (AvgIpc) is 3.09. The Labute approximate surface area is 118 Å². The van der Waals surface area contributed by atoms with E-state index < -0.39 is 0 Å². The molecule has 0 amide bonds. The highest BCUT2D eigenvalue weighted by atomic mass is 35.5. The van der Waals surface area contributed by atoms with Crippen molar-refractivity contribution in [2.75, 3.05) is 13.2 Å². The molecule has 19 heavy (non-hydrogen) atoms. The largest absolute Gasteiger partial charge is 0.381 e. The lowest BCUT2D eigenvalue weighted by atomic mass is 9.92. The van der Waals surface area contributed by atoms with Crippen LogP contribution in [-0.4, -0.2) is 13.2 Å². The van der Waals surface area contributed by atoms with Crippen LogP contribution in [0.15, 0.2) is 30.3 Å². The Morgan fingerprint density at radius 1 is 1.11 bits per heavy atom. The van der Waals surface area contributed by atoms with Crippen LogP contribution in [0.2, 0.25) is 0 Å². The molecule has 0 radical (unpaired) electrons. The number of hydrogen-bond donors (Lipinski definition) is 0. The third kappa shape index (κ3) is 1.79. The van der Waals surface area contributed by atoms with E-state index in [0.29, 0.717) is 5.92 Å². The van der Waals surface area contributed by atoms with E-state index in [1.165, 1.54) is 40.3 Å². The second-order valence-corrected chi connectivity index (χ2v) is 6.15. The van der Waals surface area contributed by atoms with Crippen LogP contribution in [-0.2, 0) is 17.6 Å². The van der Waals surface area contributed by atoms with Crippen molar-refractivity contribution in [3.63, 3.8) is 0 Å². The summed E-state index contributed by atoms with van der Waals surface area (Å²) in [4.78, 5) is 0. The fraction of sp³-hybridized carbons (Fsp3) is 0.412. The van der Waals surface area contributed by atoms with Crippen molar-refractivity contribution in [3.8, 4) is 0 Å². The Kier molecular flexibility index (Phi) is 2.78. The lowest BCUT2D eigenvalue weighted by Crippen LogP contribution is -2.08. The number of halogens is 1. The quantitative estimate of drug-likeness (QED) is 0.743. The number of hydrogen-bond acceptors (Lipinski definition) is 1. The van der Waals surface area contributed by atoms with E-state index in [2.05, 4.69) is 30.3 Å². The van der Waals surface area contributed by atoms with Gasteiger partial charge in [0.05, 0.1) is 12.0 Å². The van der Waals surface area contributed by atoms with Crippen molar-refractivity contribution in [3.05, 3.63) is 47.0 Å². The van der Waals surface area contributed by atoms with Crippen molar-refractivity contribution in [2.45, 2.75) is 24.6 Å². The molecule has 1 aliphatic heterocycles. The Bertz CT molecular complexity index is 618. The molecule has 0 N–H and O–H groups in total. The van der Waals surface area contributed by atoms with E-state index >= 15 is 0 Å². The normalized spacial score (nSPS) is 23.1. The van der Waals surface area contributed by atoms with Crippen molar-refractivity contribution in [2.24, 2.45) is 5.92 Å². The number of rotatable bonds is 2. The van der Waals surface area contributed by atoms with Crippen LogP contribution < -0.4 is 0 Å². The second-order valence-electron chi connectivity index (χ2n) is 5.68. The van der Waals surface area contributed by atoms with Gasteiger partial charge in [-0.15, -0.1) is 11.6 Å². The van der Waals surface area contributed by atoms with Gasteiger partial charge < -0.3 is 4.74 Å². The van der Waals surface area contributed by atoms with E-state index in [1.54, 1.807) is 0 Å². The minimum Gasteiger partial charge on any atom is -0.381 e. The molecule has 1 aliphatic carbocycles. The highest BCUT2D eigenvalue weighted by Gasteiger charge is 2.27. The Morgan fingerprint density at radius 3 is 2.74 bits per heavy atom. The summed E-state index contributed by atoms with van der Waals surface area (Å²) in [6.45, 7) is 1.66. The number of benzene rings is 2. The average molecular weight is 273 g/mol. The van der Waals surface area contributed by atoms with Crippen molar-refractivity contribution >= 4 is 22.4 Å². The van der Waals surface area contributed by atoms with Gasteiger partial charge in [0, 0.05) is 12.5 Å². The summed E-state index contributed by atoms with van der Waals surface area (Å²) >= 11 is 6.74. The zero-order chi connectivity index (χ0) is 12.8. The highest BCUT2D eigenvalue weighted by Crippen LogP contribution is 2.41. The van der Waals surface area contributed by atoms with Gasteiger partial charge in [-0.1, -0.05) is 30.3 Å². The molecule has 4 rings (SSSR count). The number of ether oxygens (including phenoxy) is 1. The van der Waals surface area contributed by atoms with Gasteiger partial charge in [-0.2, -0.15) is 0 Å². The SMILES string of the molecule is ClC(c1ccc2c3c(cccc13)CC2)C1CCOC1. The maximum absolute atomic E-state index is 6.74. The summed E-state index contributed by atoms with van der Waals surface area (Å²) in [5.74, 6) is 0.458. The molecule has 2 aromatic carbocycles. The van der Waals surface area contributed by atoms with Crippen LogP contribution in [0, 0.1) is 5.92 Å². The Hall–Kier alpha value is -1.05. The zero-order valence-electron chi connectivity index (χ0n) is 10.9. The topological polar surface area (TPSA) is 9.23 Å². The van der Waals surface area contributed by atoms with Crippen molar-refractivity contribution in [1.29, 1.82) is 0 Å². The molecule has 98 valence electrons. The van der Waals surface area contributed by atoms with Gasteiger partial charge in [-0.25, -0.2) is 0 Å². The predicted octanol–water partition coefficient (Wildman–Crippen LogP) is 4.25. The summed E-state index contributed by atoms with van der Waals surface area (Å²) < 4.78 is 5.49. The first-order chi connectivity index (χ1) is 9.34. The van der Waals surface area contributed by atoms with Crippen molar-refractivity contribution < 1.29 is 4.74 Å². The molecular weight excluding hydrogens is 256 g/mol. The first kappa shape index (κ1) is 11.7. The first-order valence-electron chi connectivity index (χ1n) is 7.10. The molecule has 0 bridgehead atoms. The van der Waals surface area contributed by atoms with Gasteiger partial charge in [-0.3, -0.25) is 0 Å². The van der Waals surface area contributed by atoms with E-state index in [9.17, 15) is 0 Å². The molecule has 0 spiro atoms. The van der Waals surface area contributed by atoms with Gasteiger partial charge in [0.2, 0.25) is 0 Å². The molecule has 1 fully saturated rings. The summed E-state index contributed by atoms with van der Waals surface area (Å²) in [6, 6.07) is 11.2. The molecule has 2 unspecified atom stereocenters. The minimum atomic E-state index is 0.0763. The Morgan fingerprint density at radius 2 is 1.95 bits per heavy atom. The third-order valence-corrected chi connectivity index (χ3v) is 5.18. The van der Waals surface area contributed by atoms with Gasteiger partial charge in [-0.05, 0) is 46.7 Å². The fourth-order valence-electron chi connectivity index (χ4n) is 3.55. The predicted molar refractivity (Wildman–Crippen MR) is 78.9 cm³/mol. The summed E-state index contributed by atoms with van der Waals surface area (Å²) in [5.41, 5.74) is 4.27. The standard InChI is InChI=1S/C17H17ClO/c18-17(13-8-9-19-10-13)15-7-6-12-5-4-11-2-1-3-14(15)16(11)12/h1-3,6-7,13,17H,4-5,8-10H2. The highest BCUT2D eigenvalue weighted by molar-refractivity contribution is 6.22. The fourth-order valence-corrected chi connectivity index (χ4v) is 3.94.